The summed E-state index contributed by atoms with van der Waals surface area (Å²) in [5.41, 5.74) is 4.31. The first kappa shape index (κ1) is 14.8. The molecule has 0 aliphatic rings. The van der Waals surface area contributed by atoms with Crippen LogP contribution in [0.5, 0.6) is 0 Å². The number of aryl methyl sites for hydroxylation is 2. The maximum atomic E-state index is 5.70. The van der Waals surface area contributed by atoms with Crippen LogP contribution >= 0.6 is 15.9 Å². The summed E-state index contributed by atoms with van der Waals surface area (Å²) >= 11 is 3.52. The lowest BCUT2D eigenvalue weighted by atomic mass is 10.1. The van der Waals surface area contributed by atoms with E-state index in [0.717, 1.165) is 15.7 Å². The van der Waals surface area contributed by atoms with Crippen LogP contribution in [0.25, 0.3) is 11.5 Å². The van der Waals surface area contributed by atoms with Gasteiger partial charge in [-0.2, -0.15) is 0 Å². The fourth-order valence-corrected chi connectivity index (χ4v) is 2.48. The van der Waals surface area contributed by atoms with Crippen LogP contribution < -0.4 is 5.32 Å². The molecule has 0 saturated heterocycles. The highest BCUT2D eigenvalue weighted by Crippen LogP contribution is 2.22. The van der Waals surface area contributed by atoms with Crippen molar-refractivity contribution in [1.29, 1.82) is 0 Å². The molecule has 1 N–H and O–H groups in total. The third-order valence-corrected chi connectivity index (χ3v) is 4.20. The molecule has 3 aromatic rings. The summed E-state index contributed by atoms with van der Waals surface area (Å²) in [7, 11) is 0. The van der Waals surface area contributed by atoms with Gasteiger partial charge in [-0.1, -0.05) is 39.7 Å². The number of anilines is 1. The van der Waals surface area contributed by atoms with Crippen LogP contribution in [-0.4, -0.2) is 10.2 Å². The Morgan fingerprint density at radius 3 is 2.73 bits per heavy atom. The maximum absolute atomic E-state index is 5.70. The van der Waals surface area contributed by atoms with E-state index in [-0.39, 0.29) is 0 Å². The Balaban J connectivity index is 1.70. The molecule has 1 heterocycles. The summed E-state index contributed by atoms with van der Waals surface area (Å²) in [5, 5.41) is 11.5. The largest absolute Gasteiger partial charge is 0.419 e. The van der Waals surface area contributed by atoms with Crippen molar-refractivity contribution in [3.63, 3.8) is 0 Å². The monoisotopic (exact) mass is 357 g/mol. The summed E-state index contributed by atoms with van der Waals surface area (Å²) in [6, 6.07) is 14.1. The second kappa shape index (κ2) is 6.32. The topological polar surface area (TPSA) is 51.0 Å². The molecular formula is C17H16BrN3O. The van der Waals surface area contributed by atoms with E-state index in [4.69, 9.17) is 4.42 Å². The van der Waals surface area contributed by atoms with E-state index in [1.54, 1.807) is 0 Å². The summed E-state index contributed by atoms with van der Waals surface area (Å²) in [6.07, 6.45) is 0. The van der Waals surface area contributed by atoms with E-state index in [1.807, 2.05) is 43.3 Å². The van der Waals surface area contributed by atoms with Crippen LogP contribution in [0.2, 0.25) is 0 Å². The Labute approximate surface area is 137 Å². The lowest BCUT2D eigenvalue weighted by molar-refractivity contribution is 0.515. The highest BCUT2D eigenvalue weighted by molar-refractivity contribution is 9.10. The third kappa shape index (κ3) is 3.36. The van der Waals surface area contributed by atoms with E-state index in [1.165, 1.54) is 11.1 Å². The SMILES string of the molecule is Cc1cccc(-c2nnc(CNc3ccc(C)c(Br)c3)o2)c1. The summed E-state index contributed by atoms with van der Waals surface area (Å²) < 4.78 is 6.78. The van der Waals surface area contributed by atoms with E-state index >= 15 is 0 Å². The molecule has 2 aromatic carbocycles. The summed E-state index contributed by atoms with van der Waals surface area (Å²) in [4.78, 5) is 0. The molecule has 0 bridgehead atoms. The maximum Gasteiger partial charge on any atom is 0.247 e. The molecule has 0 unspecified atom stereocenters. The van der Waals surface area contributed by atoms with E-state index in [2.05, 4.69) is 44.4 Å². The molecule has 1 aromatic heterocycles. The predicted molar refractivity (Wildman–Crippen MR) is 90.7 cm³/mol. The zero-order chi connectivity index (χ0) is 15.5. The fourth-order valence-electron chi connectivity index (χ4n) is 2.10. The molecule has 4 nitrogen and oxygen atoms in total. The van der Waals surface area contributed by atoms with Crippen molar-refractivity contribution in [3.05, 3.63) is 64.0 Å². The van der Waals surface area contributed by atoms with Gasteiger partial charge >= 0.3 is 0 Å². The number of aromatic nitrogens is 2. The quantitative estimate of drug-likeness (QED) is 0.733. The minimum atomic E-state index is 0.494. The van der Waals surface area contributed by atoms with Crippen molar-refractivity contribution in [3.8, 4) is 11.5 Å². The van der Waals surface area contributed by atoms with Gasteiger partial charge in [0.15, 0.2) is 0 Å². The lowest BCUT2D eigenvalue weighted by Gasteiger charge is -2.05. The molecule has 112 valence electrons. The number of hydrogen-bond donors (Lipinski definition) is 1. The molecule has 0 aliphatic heterocycles. The van der Waals surface area contributed by atoms with Gasteiger partial charge in [0.05, 0.1) is 6.54 Å². The summed E-state index contributed by atoms with van der Waals surface area (Å²) in [5.74, 6) is 1.11. The average molecular weight is 358 g/mol. The molecule has 0 radical (unpaired) electrons. The minimum absolute atomic E-state index is 0.494. The van der Waals surface area contributed by atoms with Crippen LogP contribution in [0.1, 0.15) is 17.0 Å². The van der Waals surface area contributed by atoms with Gasteiger partial charge < -0.3 is 9.73 Å². The normalized spacial score (nSPS) is 10.7. The van der Waals surface area contributed by atoms with E-state index in [9.17, 15) is 0 Å². The van der Waals surface area contributed by atoms with Gasteiger partial charge in [0.25, 0.3) is 0 Å². The Bertz CT molecular complexity index is 798. The first-order valence-electron chi connectivity index (χ1n) is 7.01. The molecule has 22 heavy (non-hydrogen) atoms. The van der Waals surface area contributed by atoms with Gasteiger partial charge in [-0.25, -0.2) is 0 Å². The second-order valence-electron chi connectivity index (χ2n) is 5.19. The highest BCUT2D eigenvalue weighted by Gasteiger charge is 2.08. The molecule has 0 fully saturated rings. The molecule has 0 aliphatic carbocycles. The van der Waals surface area contributed by atoms with Crippen molar-refractivity contribution in [2.24, 2.45) is 0 Å². The zero-order valence-electron chi connectivity index (χ0n) is 12.4. The number of halogens is 1. The second-order valence-corrected chi connectivity index (χ2v) is 6.04. The Hall–Kier alpha value is -2.14. The lowest BCUT2D eigenvalue weighted by Crippen LogP contribution is -1.99. The predicted octanol–water partition coefficient (Wildman–Crippen LogP) is 4.73. The molecular weight excluding hydrogens is 342 g/mol. The van der Waals surface area contributed by atoms with Crippen LogP contribution in [0.3, 0.4) is 0 Å². The standard InChI is InChI=1S/C17H16BrN3O/c1-11-4-3-5-13(8-11)17-21-20-16(22-17)10-19-14-7-6-12(2)15(18)9-14/h3-9,19H,10H2,1-2H3. The van der Waals surface area contributed by atoms with Crippen LogP contribution in [0.15, 0.2) is 51.4 Å². The average Bonchev–Trinajstić information content (AvgIpc) is 2.97. The molecule has 3 rings (SSSR count). The first-order chi connectivity index (χ1) is 10.6. The Morgan fingerprint density at radius 2 is 1.95 bits per heavy atom. The number of hydrogen-bond acceptors (Lipinski definition) is 4. The fraction of sp³-hybridized carbons (Fsp3) is 0.176. The van der Waals surface area contributed by atoms with Gasteiger partial charge in [0.1, 0.15) is 0 Å². The first-order valence-corrected chi connectivity index (χ1v) is 7.80. The van der Waals surface area contributed by atoms with Crippen LogP contribution in [0.4, 0.5) is 5.69 Å². The highest BCUT2D eigenvalue weighted by atomic mass is 79.9. The number of benzene rings is 2. The van der Waals surface area contributed by atoms with Gasteiger partial charge in [0.2, 0.25) is 11.8 Å². The van der Waals surface area contributed by atoms with Crippen molar-refractivity contribution in [1.82, 2.24) is 10.2 Å². The van der Waals surface area contributed by atoms with Gasteiger partial charge in [0, 0.05) is 15.7 Å². The van der Waals surface area contributed by atoms with Gasteiger partial charge in [-0.3, -0.25) is 0 Å². The number of nitrogens with zero attached hydrogens (tertiary/aromatic N) is 2. The van der Waals surface area contributed by atoms with E-state index in [0.29, 0.717) is 18.3 Å². The smallest absolute Gasteiger partial charge is 0.247 e. The van der Waals surface area contributed by atoms with Crippen LogP contribution in [-0.2, 0) is 6.54 Å². The Kier molecular flexibility index (Phi) is 4.24. The van der Waals surface area contributed by atoms with E-state index < -0.39 is 0 Å². The van der Waals surface area contributed by atoms with Crippen LogP contribution in [0, 0.1) is 13.8 Å². The summed E-state index contributed by atoms with van der Waals surface area (Å²) in [6.45, 7) is 4.59. The van der Waals surface area contributed by atoms with Crippen molar-refractivity contribution >= 4 is 21.6 Å². The molecule has 5 heteroatoms. The number of nitrogens with one attached hydrogen (secondary N) is 1. The molecule has 0 saturated carbocycles. The number of rotatable bonds is 4. The molecule has 0 amide bonds. The zero-order valence-corrected chi connectivity index (χ0v) is 14.0. The van der Waals surface area contributed by atoms with Crippen molar-refractivity contribution < 1.29 is 4.42 Å². The van der Waals surface area contributed by atoms with Crippen molar-refractivity contribution in [2.45, 2.75) is 20.4 Å². The van der Waals surface area contributed by atoms with Gasteiger partial charge in [-0.05, 0) is 43.7 Å². The van der Waals surface area contributed by atoms with Crippen molar-refractivity contribution in [2.75, 3.05) is 5.32 Å². The third-order valence-electron chi connectivity index (χ3n) is 3.35. The molecule has 0 spiro atoms. The minimum Gasteiger partial charge on any atom is -0.419 e. The van der Waals surface area contributed by atoms with Gasteiger partial charge in [-0.15, -0.1) is 10.2 Å². The molecule has 0 atom stereocenters. The Morgan fingerprint density at radius 1 is 1.09 bits per heavy atom.